The number of amides is 1. The number of ether oxygens (including phenoxy) is 2. The summed E-state index contributed by atoms with van der Waals surface area (Å²) in [5.41, 5.74) is 1.95. The summed E-state index contributed by atoms with van der Waals surface area (Å²) in [6.07, 6.45) is 4.95. The maximum atomic E-state index is 12.1. The molecule has 0 saturated carbocycles. The molecule has 164 valence electrons. The minimum atomic E-state index is 0.0513. The SMILES string of the molecule is CCCCCCC(=O)Nc1nc(-c2ccc(OCCN3CCOCC3)cc2)c(C)s1. The zero-order valence-corrected chi connectivity index (χ0v) is 18.9. The monoisotopic (exact) mass is 431 g/mol. The van der Waals surface area contributed by atoms with Crippen molar-refractivity contribution in [3.05, 3.63) is 29.1 Å². The molecule has 3 rings (SSSR count). The van der Waals surface area contributed by atoms with E-state index in [-0.39, 0.29) is 5.91 Å². The Morgan fingerprint density at radius 3 is 2.70 bits per heavy atom. The second-order valence-corrected chi connectivity index (χ2v) is 8.81. The average molecular weight is 432 g/mol. The van der Waals surface area contributed by atoms with Gasteiger partial charge in [-0.25, -0.2) is 4.98 Å². The van der Waals surface area contributed by atoms with Crippen LogP contribution in [-0.2, 0) is 9.53 Å². The molecule has 1 aromatic heterocycles. The number of hydrogen-bond donors (Lipinski definition) is 1. The van der Waals surface area contributed by atoms with Crippen LogP contribution in [0.1, 0.15) is 43.9 Å². The van der Waals surface area contributed by atoms with Crippen molar-refractivity contribution in [2.45, 2.75) is 46.0 Å². The second-order valence-electron chi connectivity index (χ2n) is 7.61. The van der Waals surface area contributed by atoms with E-state index in [2.05, 4.69) is 22.1 Å². The third-order valence-corrected chi connectivity index (χ3v) is 6.09. The Hall–Kier alpha value is -1.96. The van der Waals surface area contributed by atoms with Gasteiger partial charge in [-0.15, -0.1) is 11.3 Å². The fourth-order valence-electron chi connectivity index (χ4n) is 3.44. The molecule has 0 unspecified atom stereocenters. The Bertz CT molecular complexity index is 785. The van der Waals surface area contributed by atoms with Gasteiger partial charge in [-0.1, -0.05) is 26.2 Å². The first kappa shape index (κ1) is 22.7. The molecule has 2 aromatic rings. The number of aryl methyl sites for hydroxylation is 1. The number of aromatic nitrogens is 1. The first-order chi connectivity index (χ1) is 14.7. The smallest absolute Gasteiger partial charge is 0.226 e. The molecule has 0 aliphatic carbocycles. The van der Waals surface area contributed by atoms with Crippen LogP contribution in [0.15, 0.2) is 24.3 Å². The number of rotatable bonds is 11. The van der Waals surface area contributed by atoms with Crippen LogP contribution >= 0.6 is 11.3 Å². The first-order valence-electron chi connectivity index (χ1n) is 11.0. The van der Waals surface area contributed by atoms with Crippen molar-refractivity contribution in [2.75, 3.05) is 44.8 Å². The Balaban J connectivity index is 1.48. The summed E-state index contributed by atoms with van der Waals surface area (Å²) >= 11 is 1.53. The van der Waals surface area contributed by atoms with Crippen LogP contribution in [0, 0.1) is 6.92 Å². The van der Waals surface area contributed by atoms with Gasteiger partial charge in [-0.2, -0.15) is 0 Å². The van der Waals surface area contributed by atoms with E-state index >= 15 is 0 Å². The van der Waals surface area contributed by atoms with E-state index in [1.165, 1.54) is 24.2 Å². The predicted octanol–water partition coefficient (Wildman–Crippen LogP) is 4.74. The van der Waals surface area contributed by atoms with E-state index in [1.807, 2.05) is 31.2 Å². The molecule has 0 spiro atoms. The number of morpholine rings is 1. The molecule has 1 aliphatic heterocycles. The van der Waals surface area contributed by atoms with E-state index in [9.17, 15) is 4.79 Å². The van der Waals surface area contributed by atoms with Gasteiger partial charge < -0.3 is 14.8 Å². The molecule has 2 heterocycles. The lowest BCUT2D eigenvalue weighted by Crippen LogP contribution is -2.38. The van der Waals surface area contributed by atoms with Gasteiger partial charge in [0.1, 0.15) is 12.4 Å². The number of nitrogens with zero attached hydrogens (tertiary/aromatic N) is 2. The minimum absolute atomic E-state index is 0.0513. The van der Waals surface area contributed by atoms with Gasteiger partial charge in [0, 0.05) is 36.5 Å². The standard InChI is InChI=1S/C23H33N3O3S/c1-3-4-5-6-7-21(27)24-23-25-22(18(2)30-23)19-8-10-20(11-9-19)29-17-14-26-12-15-28-16-13-26/h8-11H,3-7,12-17H2,1-2H3,(H,24,25,27). The van der Waals surface area contributed by atoms with Gasteiger partial charge in [-0.3, -0.25) is 9.69 Å². The van der Waals surface area contributed by atoms with Crippen LogP contribution in [0.5, 0.6) is 5.75 Å². The van der Waals surface area contributed by atoms with Gasteiger partial charge in [-0.05, 0) is 37.6 Å². The Kier molecular flexibility index (Phi) is 9.11. The van der Waals surface area contributed by atoms with Crippen LogP contribution in [0.3, 0.4) is 0 Å². The van der Waals surface area contributed by atoms with Crippen molar-refractivity contribution in [1.82, 2.24) is 9.88 Å². The fourth-order valence-corrected chi connectivity index (χ4v) is 4.29. The molecule has 1 fully saturated rings. The predicted molar refractivity (Wildman–Crippen MR) is 122 cm³/mol. The molecule has 0 atom stereocenters. The Morgan fingerprint density at radius 1 is 1.20 bits per heavy atom. The molecule has 1 aliphatic rings. The average Bonchev–Trinajstić information content (AvgIpc) is 3.12. The number of anilines is 1. The summed E-state index contributed by atoms with van der Waals surface area (Å²) in [7, 11) is 0. The highest BCUT2D eigenvalue weighted by Crippen LogP contribution is 2.31. The molecule has 1 amide bonds. The van der Waals surface area contributed by atoms with Gasteiger partial charge >= 0.3 is 0 Å². The highest BCUT2D eigenvalue weighted by molar-refractivity contribution is 7.16. The van der Waals surface area contributed by atoms with Crippen LogP contribution in [-0.4, -0.2) is 55.2 Å². The van der Waals surface area contributed by atoms with Crippen molar-refractivity contribution in [1.29, 1.82) is 0 Å². The third-order valence-electron chi connectivity index (χ3n) is 5.21. The van der Waals surface area contributed by atoms with E-state index in [0.29, 0.717) is 18.2 Å². The first-order valence-corrected chi connectivity index (χ1v) is 11.8. The zero-order chi connectivity index (χ0) is 21.2. The number of nitrogens with one attached hydrogen (secondary N) is 1. The molecular weight excluding hydrogens is 398 g/mol. The van der Waals surface area contributed by atoms with Crippen LogP contribution in [0.25, 0.3) is 11.3 Å². The Labute approximate surface area is 183 Å². The van der Waals surface area contributed by atoms with E-state index in [4.69, 9.17) is 9.47 Å². The number of hydrogen-bond acceptors (Lipinski definition) is 6. The van der Waals surface area contributed by atoms with Crippen molar-refractivity contribution in [3.8, 4) is 17.0 Å². The van der Waals surface area contributed by atoms with Crippen molar-refractivity contribution >= 4 is 22.4 Å². The van der Waals surface area contributed by atoms with E-state index in [0.717, 1.165) is 67.6 Å². The van der Waals surface area contributed by atoms with Gasteiger partial charge in [0.05, 0.1) is 18.9 Å². The summed E-state index contributed by atoms with van der Waals surface area (Å²) in [5.74, 6) is 0.913. The lowest BCUT2D eigenvalue weighted by atomic mass is 10.1. The van der Waals surface area contributed by atoms with Crippen molar-refractivity contribution in [2.24, 2.45) is 0 Å². The number of carbonyl (C=O) groups excluding carboxylic acids is 1. The normalized spacial score (nSPS) is 14.6. The lowest BCUT2D eigenvalue weighted by Gasteiger charge is -2.26. The second kappa shape index (κ2) is 12.0. The number of benzene rings is 1. The highest BCUT2D eigenvalue weighted by atomic mass is 32.1. The fraction of sp³-hybridized carbons (Fsp3) is 0.565. The summed E-state index contributed by atoms with van der Waals surface area (Å²) in [4.78, 5) is 20.2. The van der Waals surface area contributed by atoms with Gasteiger partial charge in [0.2, 0.25) is 5.91 Å². The molecule has 0 bridgehead atoms. The maximum absolute atomic E-state index is 12.1. The molecule has 1 saturated heterocycles. The van der Waals surface area contributed by atoms with Crippen molar-refractivity contribution < 1.29 is 14.3 Å². The maximum Gasteiger partial charge on any atom is 0.226 e. The summed E-state index contributed by atoms with van der Waals surface area (Å²) in [5, 5.41) is 3.63. The molecule has 6 nitrogen and oxygen atoms in total. The van der Waals surface area contributed by atoms with E-state index in [1.54, 1.807) is 0 Å². The Morgan fingerprint density at radius 2 is 1.97 bits per heavy atom. The quantitative estimate of drug-likeness (QED) is 0.521. The largest absolute Gasteiger partial charge is 0.492 e. The topological polar surface area (TPSA) is 63.7 Å². The summed E-state index contributed by atoms with van der Waals surface area (Å²) in [6.45, 7) is 9.36. The third kappa shape index (κ3) is 7.07. The van der Waals surface area contributed by atoms with Gasteiger partial charge in [0.25, 0.3) is 0 Å². The van der Waals surface area contributed by atoms with E-state index < -0.39 is 0 Å². The number of unbranched alkanes of at least 4 members (excludes halogenated alkanes) is 3. The molecule has 7 heteroatoms. The summed E-state index contributed by atoms with van der Waals surface area (Å²) in [6, 6.07) is 8.03. The van der Waals surface area contributed by atoms with Crippen LogP contribution < -0.4 is 10.1 Å². The highest BCUT2D eigenvalue weighted by Gasteiger charge is 2.13. The van der Waals surface area contributed by atoms with Gasteiger partial charge in [0.15, 0.2) is 5.13 Å². The molecule has 1 aromatic carbocycles. The zero-order valence-electron chi connectivity index (χ0n) is 18.1. The van der Waals surface area contributed by atoms with Crippen LogP contribution in [0.4, 0.5) is 5.13 Å². The van der Waals surface area contributed by atoms with Crippen LogP contribution in [0.2, 0.25) is 0 Å². The lowest BCUT2D eigenvalue weighted by molar-refractivity contribution is -0.116. The number of carbonyl (C=O) groups is 1. The molecular formula is C23H33N3O3S. The van der Waals surface area contributed by atoms with Crippen molar-refractivity contribution in [3.63, 3.8) is 0 Å². The molecule has 1 N–H and O–H groups in total. The minimum Gasteiger partial charge on any atom is -0.492 e. The number of thiazole rings is 1. The molecule has 0 radical (unpaired) electrons. The molecule has 30 heavy (non-hydrogen) atoms. The summed E-state index contributed by atoms with van der Waals surface area (Å²) < 4.78 is 11.3.